The predicted octanol–water partition coefficient (Wildman–Crippen LogP) is 9.71. The number of carbonyl (C=O) groups is 2. The van der Waals surface area contributed by atoms with Gasteiger partial charge in [0.05, 0.1) is 48.1 Å². The van der Waals surface area contributed by atoms with E-state index in [0.717, 1.165) is 31.0 Å². The van der Waals surface area contributed by atoms with E-state index < -0.39 is 11.9 Å². The monoisotopic (exact) mass is 764 g/mol. The van der Waals surface area contributed by atoms with Crippen LogP contribution in [-0.2, 0) is 19.1 Å². The van der Waals surface area contributed by atoms with Crippen molar-refractivity contribution >= 4 is 160 Å². The van der Waals surface area contributed by atoms with E-state index in [-0.39, 0.29) is 9.81 Å². The maximum Gasteiger partial charge on any atom is 0.346 e. The number of thioether (sulfide) groups is 10. The molecular formula is C30H20O4S10. The second-order valence-corrected chi connectivity index (χ2v) is 20.9. The van der Waals surface area contributed by atoms with Gasteiger partial charge in [-0.2, -0.15) is 0 Å². The summed E-state index contributed by atoms with van der Waals surface area (Å²) in [6, 6.07) is 16.9. The topological polar surface area (TPSA) is 52.6 Å². The second-order valence-electron chi connectivity index (χ2n) is 9.01. The lowest BCUT2D eigenvalue weighted by Crippen LogP contribution is -2.17. The summed E-state index contributed by atoms with van der Waals surface area (Å²) < 4.78 is 20.4. The lowest BCUT2D eigenvalue weighted by molar-refractivity contribution is -0.138. The normalized spacial score (nSPS) is 18.5. The molecule has 4 nitrogen and oxygen atoms in total. The van der Waals surface area contributed by atoms with Crippen LogP contribution in [0.5, 0.6) is 0 Å². The standard InChI is InChI=1S/C30H20O4S10/c1-33-21(31)19-20(22(32)34-2)38-23(37-19)17-13-9-5-7-11-15(13)18(16-12-8-6-10-14(16)17)24-39-27-28(40-24)44-30(43-27)29-41-25(35-3)26(36-4)42-29/h5-12H,1-4H3. The third kappa shape index (κ3) is 5.62. The van der Waals surface area contributed by atoms with Crippen molar-refractivity contribution in [2.45, 2.75) is 0 Å². The largest absolute Gasteiger partial charge is 0.465 e. The zero-order chi connectivity index (χ0) is 30.5. The van der Waals surface area contributed by atoms with Crippen LogP contribution in [0.1, 0.15) is 0 Å². The van der Waals surface area contributed by atoms with Gasteiger partial charge in [-0.3, -0.25) is 0 Å². The van der Waals surface area contributed by atoms with Gasteiger partial charge in [0.25, 0.3) is 0 Å². The van der Waals surface area contributed by atoms with Crippen LogP contribution < -0.4 is 10.4 Å². The number of benzene rings is 3. The summed E-state index contributed by atoms with van der Waals surface area (Å²) in [6.45, 7) is 0. The van der Waals surface area contributed by atoms with E-state index in [1.165, 1.54) is 72.6 Å². The van der Waals surface area contributed by atoms with Crippen molar-refractivity contribution in [1.82, 2.24) is 0 Å². The van der Waals surface area contributed by atoms with E-state index in [1.54, 1.807) is 0 Å². The van der Waals surface area contributed by atoms with Crippen molar-refractivity contribution in [3.63, 3.8) is 0 Å². The minimum absolute atomic E-state index is 0.260. The van der Waals surface area contributed by atoms with Crippen LogP contribution in [0.25, 0.3) is 30.0 Å². The molecule has 0 saturated heterocycles. The highest BCUT2D eigenvalue weighted by Crippen LogP contribution is 2.71. The van der Waals surface area contributed by atoms with Crippen molar-refractivity contribution in [3.8, 4) is 0 Å². The number of rotatable bonds is 4. The molecule has 7 rings (SSSR count). The number of carbonyl (C=O) groups excluding carboxylic acids is 2. The summed E-state index contributed by atoms with van der Waals surface area (Å²) in [4.78, 5) is 25.9. The first-order valence-electron chi connectivity index (χ1n) is 12.8. The molecule has 0 aromatic heterocycles. The van der Waals surface area contributed by atoms with Crippen LogP contribution in [0.3, 0.4) is 0 Å². The SMILES string of the molecule is COC(=O)C1=C(C(=O)OC)SC(=c2c3ccccc3c(=C3SC4=C(SC(=C5SC(SC)=C(SC)S5)S4)S3)c3ccccc23)S1. The van der Waals surface area contributed by atoms with E-state index in [4.69, 9.17) is 9.47 Å². The molecular weight excluding hydrogens is 745 g/mol. The predicted molar refractivity (Wildman–Crippen MR) is 207 cm³/mol. The maximum atomic E-state index is 12.7. The van der Waals surface area contributed by atoms with Crippen molar-refractivity contribution in [1.29, 1.82) is 0 Å². The number of fused-ring (bicyclic) bond motifs is 2. The van der Waals surface area contributed by atoms with Crippen molar-refractivity contribution in [2.24, 2.45) is 0 Å². The fourth-order valence-corrected chi connectivity index (χ4v) is 19.2. The number of hydrogen-bond acceptors (Lipinski definition) is 14. The molecule has 0 fully saturated rings. The fraction of sp³-hybridized carbons (Fsp3) is 0.133. The van der Waals surface area contributed by atoms with Crippen LogP contribution in [0.15, 0.2) is 83.8 Å². The quantitative estimate of drug-likeness (QED) is 0.187. The van der Waals surface area contributed by atoms with Gasteiger partial charge in [-0.15, -0.1) is 23.5 Å². The first kappa shape index (κ1) is 31.9. The van der Waals surface area contributed by atoms with Gasteiger partial charge in [0.1, 0.15) is 9.81 Å². The number of ether oxygens (including phenoxy) is 2. The smallest absolute Gasteiger partial charge is 0.346 e. The first-order valence-corrected chi connectivity index (χ1v) is 21.8. The Kier molecular flexibility index (Phi) is 9.74. The highest BCUT2D eigenvalue weighted by molar-refractivity contribution is 8.52. The first-order chi connectivity index (χ1) is 21.4. The average Bonchev–Trinajstić information content (AvgIpc) is 3.84. The van der Waals surface area contributed by atoms with Crippen LogP contribution in [0.4, 0.5) is 0 Å². The molecule has 0 spiro atoms. The molecule has 4 aliphatic heterocycles. The van der Waals surface area contributed by atoms with Gasteiger partial charge in [0.2, 0.25) is 0 Å². The van der Waals surface area contributed by atoms with Crippen LogP contribution >= 0.6 is 118 Å². The zero-order valence-electron chi connectivity index (χ0n) is 23.3. The molecule has 3 aromatic rings. The minimum Gasteiger partial charge on any atom is -0.465 e. The summed E-state index contributed by atoms with van der Waals surface area (Å²) in [7, 11) is 2.65. The van der Waals surface area contributed by atoms with E-state index in [9.17, 15) is 9.59 Å². The maximum absolute atomic E-state index is 12.7. The molecule has 224 valence electrons. The van der Waals surface area contributed by atoms with E-state index >= 15 is 0 Å². The summed E-state index contributed by atoms with van der Waals surface area (Å²) in [6.07, 6.45) is 4.31. The van der Waals surface area contributed by atoms with Gasteiger partial charge in [-0.1, -0.05) is 143 Å². The molecule has 0 saturated carbocycles. The molecule has 3 aromatic carbocycles. The Morgan fingerprint density at radius 2 is 0.818 bits per heavy atom. The number of methoxy groups -OCH3 is 2. The summed E-state index contributed by atoms with van der Waals surface area (Å²) in [5, 5.41) is 6.68. The molecule has 0 N–H and O–H groups in total. The Bertz CT molecular complexity index is 1930. The van der Waals surface area contributed by atoms with Crippen molar-refractivity contribution < 1.29 is 19.1 Å². The van der Waals surface area contributed by atoms with E-state index in [2.05, 4.69) is 48.9 Å². The lowest BCUT2D eigenvalue weighted by atomic mass is 9.99. The molecule has 0 bridgehead atoms. The van der Waals surface area contributed by atoms with Crippen molar-refractivity contribution in [2.75, 3.05) is 26.7 Å². The minimum atomic E-state index is -0.540. The molecule has 0 atom stereocenters. The molecule has 4 aliphatic rings. The molecule has 0 unspecified atom stereocenters. The summed E-state index contributed by atoms with van der Waals surface area (Å²) in [5.41, 5.74) is 0. The van der Waals surface area contributed by atoms with Gasteiger partial charge in [-0.05, 0) is 34.1 Å². The van der Waals surface area contributed by atoms with Gasteiger partial charge in [0.15, 0.2) is 0 Å². The van der Waals surface area contributed by atoms with Gasteiger partial charge >= 0.3 is 11.9 Å². The Morgan fingerprint density at radius 3 is 1.16 bits per heavy atom. The van der Waals surface area contributed by atoms with Gasteiger partial charge in [0, 0.05) is 10.4 Å². The molecule has 0 amide bonds. The third-order valence-electron chi connectivity index (χ3n) is 6.66. The zero-order valence-corrected chi connectivity index (χ0v) is 31.5. The lowest BCUT2D eigenvalue weighted by Gasteiger charge is -2.12. The third-order valence-corrected chi connectivity index (χ3v) is 20.6. The Hall–Kier alpha value is -0.680. The van der Waals surface area contributed by atoms with Gasteiger partial charge < -0.3 is 9.47 Å². The summed E-state index contributed by atoms with van der Waals surface area (Å²) in [5.74, 6) is -1.08. The number of esters is 2. The van der Waals surface area contributed by atoms with E-state index in [0.29, 0.717) is 0 Å². The van der Waals surface area contributed by atoms with Crippen LogP contribution in [0.2, 0.25) is 0 Å². The second kappa shape index (κ2) is 13.4. The number of hydrogen-bond donors (Lipinski definition) is 0. The van der Waals surface area contributed by atoms with Gasteiger partial charge in [-0.25, -0.2) is 9.59 Å². The molecule has 0 aliphatic carbocycles. The van der Waals surface area contributed by atoms with Crippen LogP contribution in [0, 0.1) is 0 Å². The molecule has 0 radical (unpaired) electrons. The Balaban J connectivity index is 1.35. The molecule has 44 heavy (non-hydrogen) atoms. The highest BCUT2D eigenvalue weighted by atomic mass is 32.3. The van der Waals surface area contributed by atoms with Crippen LogP contribution in [-0.4, -0.2) is 38.7 Å². The average molecular weight is 765 g/mol. The molecule has 14 heteroatoms. The Labute approximate surface area is 296 Å². The molecule has 4 heterocycles. The fourth-order valence-electron chi connectivity index (χ4n) is 4.80. The highest BCUT2D eigenvalue weighted by Gasteiger charge is 2.36. The van der Waals surface area contributed by atoms with E-state index in [1.807, 2.05) is 106 Å². The Morgan fingerprint density at radius 1 is 0.500 bits per heavy atom. The van der Waals surface area contributed by atoms with Crippen molar-refractivity contribution in [3.05, 3.63) is 94.2 Å². The summed E-state index contributed by atoms with van der Waals surface area (Å²) >= 11 is 17.6.